The number of fused-ring (bicyclic) bond motifs is 2. The monoisotopic (exact) mass is 254 g/mol. The lowest BCUT2D eigenvalue weighted by Gasteiger charge is -2.28. The van der Waals surface area contributed by atoms with Crippen molar-refractivity contribution >= 4 is 12.0 Å². The van der Waals surface area contributed by atoms with Crippen LogP contribution in [-0.2, 0) is 4.79 Å². The summed E-state index contributed by atoms with van der Waals surface area (Å²) in [5.74, 6) is 1.42. The summed E-state index contributed by atoms with van der Waals surface area (Å²) < 4.78 is 5.55. The van der Waals surface area contributed by atoms with E-state index in [9.17, 15) is 4.79 Å². The van der Waals surface area contributed by atoms with E-state index in [4.69, 9.17) is 4.74 Å². The van der Waals surface area contributed by atoms with E-state index in [0.29, 0.717) is 17.6 Å². The van der Waals surface area contributed by atoms with Gasteiger partial charge in [-0.25, -0.2) is 0 Å². The van der Waals surface area contributed by atoms with Crippen LogP contribution in [0.15, 0.2) is 43.0 Å². The first-order valence-electron chi connectivity index (χ1n) is 6.75. The van der Waals surface area contributed by atoms with E-state index in [1.54, 1.807) is 6.08 Å². The van der Waals surface area contributed by atoms with Gasteiger partial charge in [0.05, 0.1) is 5.41 Å². The number of hydrogen-bond acceptors (Lipinski definition) is 2. The van der Waals surface area contributed by atoms with Crippen LogP contribution in [0.25, 0.3) is 6.08 Å². The van der Waals surface area contributed by atoms with Gasteiger partial charge in [-0.05, 0) is 49.3 Å². The molecule has 0 aliphatic heterocycles. The van der Waals surface area contributed by atoms with Gasteiger partial charge in [0.15, 0.2) is 0 Å². The number of hydrogen-bond donors (Lipinski definition) is 0. The highest BCUT2D eigenvalue weighted by Gasteiger charge is 2.51. The molecule has 2 aliphatic rings. The van der Waals surface area contributed by atoms with E-state index in [0.717, 1.165) is 18.4 Å². The van der Waals surface area contributed by atoms with E-state index in [-0.39, 0.29) is 11.4 Å². The number of esters is 1. The molecule has 0 saturated heterocycles. The van der Waals surface area contributed by atoms with E-state index in [2.05, 4.69) is 18.7 Å². The molecule has 0 heterocycles. The van der Waals surface area contributed by atoms with E-state index in [1.165, 1.54) is 0 Å². The first-order chi connectivity index (χ1) is 9.11. The van der Waals surface area contributed by atoms with Gasteiger partial charge >= 0.3 is 5.97 Å². The van der Waals surface area contributed by atoms with Gasteiger partial charge in [0.2, 0.25) is 0 Å². The smallest absolute Gasteiger partial charge is 0.317 e. The lowest BCUT2D eigenvalue weighted by molar-refractivity contribution is -0.146. The van der Waals surface area contributed by atoms with Crippen LogP contribution in [0.1, 0.15) is 25.3 Å². The summed E-state index contributed by atoms with van der Waals surface area (Å²) >= 11 is 0. The third-order valence-corrected chi connectivity index (χ3v) is 4.47. The molecule has 1 aromatic carbocycles. The van der Waals surface area contributed by atoms with Crippen molar-refractivity contribution < 1.29 is 9.53 Å². The van der Waals surface area contributed by atoms with Crippen molar-refractivity contribution in [1.82, 2.24) is 0 Å². The highest BCUT2D eigenvalue weighted by molar-refractivity contribution is 5.80. The molecule has 2 heteroatoms. The Bertz CT molecular complexity index is 541. The topological polar surface area (TPSA) is 26.3 Å². The summed E-state index contributed by atoms with van der Waals surface area (Å²) in [6, 6.07) is 7.44. The molecule has 2 nitrogen and oxygen atoms in total. The van der Waals surface area contributed by atoms with Crippen molar-refractivity contribution in [3.8, 4) is 5.75 Å². The van der Waals surface area contributed by atoms with Gasteiger partial charge in [-0.3, -0.25) is 4.79 Å². The van der Waals surface area contributed by atoms with Crippen LogP contribution in [0.4, 0.5) is 0 Å². The average molecular weight is 254 g/mol. The molecular formula is C17H18O2. The molecule has 98 valence electrons. The van der Waals surface area contributed by atoms with Crippen LogP contribution in [0.5, 0.6) is 5.75 Å². The number of carbonyl (C=O) groups is 1. The van der Waals surface area contributed by atoms with Crippen molar-refractivity contribution in [2.75, 3.05) is 0 Å². The van der Waals surface area contributed by atoms with Gasteiger partial charge in [0.1, 0.15) is 5.75 Å². The van der Waals surface area contributed by atoms with E-state index < -0.39 is 0 Å². The fourth-order valence-corrected chi connectivity index (χ4v) is 3.22. The maximum Gasteiger partial charge on any atom is 0.317 e. The Morgan fingerprint density at radius 3 is 2.63 bits per heavy atom. The Kier molecular flexibility index (Phi) is 2.81. The maximum atomic E-state index is 12.4. The van der Waals surface area contributed by atoms with Crippen molar-refractivity contribution in [2.45, 2.75) is 19.8 Å². The van der Waals surface area contributed by atoms with Gasteiger partial charge in [-0.1, -0.05) is 36.9 Å². The molecular weight excluding hydrogens is 236 g/mol. The fraction of sp³-hybridized carbons (Fsp3) is 0.353. The highest BCUT2D eigenvalue weighted by atomic mass is 16.5. The molecule has 0 aromatic heterocycles. The van der Waals surface area contributed by atoms with Gasteiger partial charge < -0.3 is 4.74 Å². The third-order valence-electron chi connectivity index (χ3n) is 4.47. The summed E-state index contributed by atoms with van der Waals surface area (Å²) in [6.45, 7) is 5.74. The highest BCUT2D eigenvalue weighted by Crippen LogP contribution is 2.52. The van der Waals surface area contributed by atoms with E-state index in [1.807, 2.05) is 31.2 Å². The molecule has 0 radical (unpaired) electrons. The molecule has 2 aliphatic carbocycles. The van der Waals surface area contributed by atoms with Gasteiger partial charge in [0, 0.05) is 0 Å². The van der Waals surface area contributed by atoms with Crippen LogP contribution >= 0.6 is 0 Å². The van der Waals surface area contributed by atoms with Gasteiger partial charge in [-0.15, -0.1) is 0 Å². The number of allylic oxidation sites excluding steroid dienone is 2. The van der Waals surface area contributed by atoms with Crippen molar-refractivity contribution in [1.29, 1.82) is 0 Å². The maximum absolute atomic E-state index is 12.4. The predicted octanol–water partition coefficient (Wildman–Crippen LogP) is 3.84. The van der Waals surface area contributed by atoms with Crippen LogP contribution < -0.4 is 4.74 Å². The summed E-state index contributed by atoms with van der Waals surface area (Å²) in [7, 11) is 0. The minimum absolute atomic E-state index is 0.101. The Morgan fingerprint density at radius 1 is 1.37 bits per heavy atom. The number of benzene rings is 1. The first-order valence-corrected chi connectivity index (χ1v) is 6.75. The predicted molar refractivity (Wildman–Crippen MR) is 75.6 cm³/mol. The van der Waals surface area contributed by atoms with E-state index >= 15 is 0 Å². The average Bonchev–Trinajstić information content (AvgIpc) is 3.00. The molecule has 1 aromatic rings. The second-order valence-corrected chi connectivity index (χ2v) is 5.77. The molecule has 0 N–H and O–H groups in total. The zero-order valence-corrected chi connectivity index (χ0v) is 11.1. The van der Waals surface area contributed by atoms with Gasteiger partial charge in [-0.2, -0.15) is 0 Å². The second kappa shape index (κ2) is 4.37. The van der Waals surface area contributed by atoms with Crippen molar-refractivity contribution in [2.24, 2.45) is 17.3 Å². The molecule has 0 spiro atoms. The summed E-state index contributed by atoms with van der Waals surface area (Å²) in [4.78, 5) is 12.4. The second-order valence-electron chi connectivity index (χ2n) is 5.77. The minimum atomic E-state index is -0.351. The van der Waals surface area contributed by atoms with Crippen LogP contribution in [0.2, 0.25) is 0 Å². The zero-order valence-electron chi connectivity index (χ0n) is 11.1. The Morgan fingerprint density at radius 2 is 2.11 bits per heavy atom. The van der Waals surface area contributed by atoms with Crippen LogP contribution in [0.3, 0.4) is 0 Å². The Labute approximate surface area is 113 Å². The van der Waals surface area contributed by atoms with Crippen molar-refractivity contribution in [3.63, 3.8) is 0 Å². The van der Waals surface area contributed by atoms with Crippen LogP contribution in [-0.4, -0.2) is 5.97 Å². The quantitative estimate of drug-likeness (QED) is 0.465. The number of rotatable bonds is 3. The zero-order chi connectivity index (χ0) is 13.5. The number of carbonyl (C=O) groups excluding carboxylic acids is 1. The SMILES string of the molecule is C=Cc1ccc(OC(=O)C2(C)CC3C=CC2C3)cc1. The Hall–Kier alpha value is -1.83. The molecule has 2 bridgehead atoms. The summed E-state index contributed by atoms with van der Waals surface area (Å²) in [6.07, 6.45) is 8.20. The molecule has 0 amide bonds. The molecule has 1 fully saturated rings. The summed E-state index contributed by atoms with van der Waals surface area (Å²) in [5, 5.41) is 0. The lowest BCUT2D eigenvalue weighted by Crippen LogP contribution is -2.35. The van der Waals surface area contributed by atoms with Crippen molar-refractivity contribution in [3.05, 3.63) is 48.6 Å². The molecule has 3 unspecified atom stereocenters. The molecule has 1 saturated carbocycles. The first kappa shape index (κ1) is 12.2. The lowest BCUT2D eigenvalue weighted by atomic mass is 9.78. The molecule has 3 rings (SSSR count). The third kappa shape index (κ3) is 2.01. The summed E-state index contributed by atoms with van der Waals surface area (Å²) in [5.41, 5.74) is 0.671. The number of ether oxygens (including phenoxy) is 1. The Balaban J connectivity index is 1.74. The fourth-order valence-electron chi connectivity index (χ4n) is 3.22. The normalized spacial score (nSPS) is 31.4. The molecule has 19 heavy (non-hydrogen) atoms. The largest absolute Gasteiger partial charge is 0.426 e. The standard InChI is InChI=1S/C17H18O2/c1-3-12-5-8-15(9-6-12)19-16(18)17(2)11-13-4-7-14(17)10-13/h3-9,13-14H,1,10-11H2,2H3. The minimum Gasteiger partial charge on any atom is -0.426 e. The molecule has 3 atom stereocenters. The van der Waals surface area contributed by atoms with Crippen LogP contribution in [0, 0.1) is 17.3 Å². The van der Waals surface area contributed by atoms with Gasteiger partial charge in [0.25, 0.3) is 0 Å².